The second kappa shape index (κ2) is 4.98. The molecule has 9 heteroatoms. The van der Waals surface area contributed by atoms with Gasteiger partial charge in [0.2, 0.25) is 0 Å². The maximum atomic E-state index is 10.7. The number of rotatable bonds is 3. The van der Waals surface area contributed by atoms with Crippen LogP contribution in [-0.4, -0.2) is 25.1 Å². The Kier molecular flexibility index (Phi) is 3.15. The minimum Gasteiger partial charge on any atom is -0.321 e. The first-order chi connectivity index (χ1) is 10.0. The number of aromatic amines is 1. The van der Waals surface area contributed by atoms with Crippen molar-refractivity contribution in [3.05, 3.63) is 45.2 Å². The normalized spacial score (nSPS) is 10.8. The summed E-state index contributed by atoms with van der Waals surface area (Å²) < 4.78 is 0. The molecule has 3 rings (SSSR count). The lowest BCUT2D eigenvalue weighted by Gasteiger charge is -2.05. The molecule has 2 aromatic heterocycles. The van der Waals surface area contributed by atoms with Gasteiger partial charge in [-0.3, -0.25) is 15.2 Å². The van der Waals surface area contributed by atoms with Gasteiger partial charge >= 0.3 is 0 Å². The third kappa shape index (κ3) is 2.61. The third-order valence-electron chi connectivity index (χ3n) is 2.77. The van der Waals surface area contributed by atoms with E-state index in [9.17, 15) is 10.1 Å². The Bertz CT molecular complexity index is 847. The molecule has 2 N–H and O–H groups in total. The Morgan fingerprint density at radius 3 is 2.76 bits per heavy atom. The summed E-state index contributed by atoms with van der Waals surface area (Å²) in [6.07, 6.45) is 0. The molecule has 0 fully saturated rings. The highest BCUT2D eigenvalue weighted by Crippen LogP contribution is 2.26. The highest BCUT2D eigenvalue weighted by atomic mass is 35.5. The van der Waals surface area contributed by atoms with Gasteiger partial charge in [0.15, 0.2) is 16.8 Å². The number of H-pyrrole nitrogens is 1. The van der Waals surface area contributed by atoms with E-state index in [-0.39, 0.29) is 10.8 Å². The van der Waals surface area contributed by atoms with Crippen molar-refractivity contribution in [3.63, 3.8) is 0 Å². The van der Waals surface area contributed by atoms with Crippen molar-refractivity contribution in [3.8, 4) is 0 Å². The number of nitrogens with zero attached hydrogens (tertiary/aromatic N) is 4. The number of nitro benzene ring substituents is 1. The van der Waals surface area contributed by atoms with Crippen molar-refractivity contribution in [2.75, 3.05) is 5.32 Å². The molecular weight excluding hydrogens is 296 g/mol. The van der Waals surface area contributed by atoms with E-state index < -0.39 is 4.92 Å². The van der Waals surface area contributed by atoms with Gasteiger partial charge in [0, 0.05) is 23.9 Å². The highest BCUT2D eigenvalue weighted by Gasteiger charge is 2.12. The lowest BCUT2D eigenvalue weighted by molar-refractivity contribution is -0.384. The molecule has 3 aromatic rings. The maximum Gasteiger partial charge on any atom is 0.271 e. The zero-order chi connectivity index (χ0) is 15.0. The summed E-state index contributed by atoms with van der Waals surface area (Å²) in [5.41, 5.74) is 1.69. The van der Waals surface area contributed by atoms with Gasteiger partial charge in [0.05, 0.1) is 16.0 Å². The average Bonchev–Trinajstić information content (AvgIpc) is 2.84. The molecule has 106 valence electrons. The number of aryl methyl sites for hydroxylation is 1. The van der Waals surface area contributed by atoms with Crippen LogP contribution in [0.4, 0.5) is 17.3 Å². The maximum absolute atomic E-state index is 10.7. The van der Waals surface area contributed by atoms with Crippen LogP contribution in [0.1, 0.15) is 5.69 Å². The summed E-state index contributed by atoms with van der Waals surface area (Å²) in [6, 6.07) is 6.01. The van der Waals surface area contributed by atoms with Crippen LogP contribution >= 0.6 is 11.6 Å². The van der Waals surface area contributed by atoms with Crippen LogP contribution in [0.25, 0.3) is 11.0 Å². The van der Waals surface area contributed by atoms with Gasteiger partial charge in [0.25, 0.3) is 5.69 Å². The topological polar surface area (TPSA) is 110 Å². The lowest BCUT2D eigenvalue weighted by atomic mass is 10.2. The molecule has 0 aliphatic rings. The van der Waals surface area contributed by atoms with Crippen LogP contribution in [0.5, 0.6) is 0 Å². The van der Waals surface area contributed by atoms with Crippen molar-refractivity contribution in [1.29, 1.82) is 0 Å². The third-order valence-corrected chi connectivity index (χ3v) is 3.03. The number of hydrogen-bond acceptors (Lipinski definition) is 6. The zero-order valence-electron chi connectivity index (χ0n) is 10.8. The van der Waals surface area contributed by atoms with E-state index in [1.165, 1.54) is 18.2 Å². The van der Waals surface area contributed by atoms with E-state index in [1.807, 2.05) is 6.92 Å². The Morgan fingerprint density at radius 1 is 1.29 bits per heavy atom. The van der Waals surface area contributed by atoms with E-state index in [0.717, 1.165) is 5.69 Å². The summed E-state index contributed by atoms with van der Waals surface area (Å²) in [6.45, 7) is 1.87. The smallest absolute Gasteiger partial charge is 0.271 e. The quantitative estimate of drug-likeness (QED) is 0.568. The van der Waals surface area contributed by atoms with Gasteiger partial charge in [-0.05, 0) is 13.0 Å². The first kappa shape index (κ1) is 13.3. The number of anilines is 2. The number of non-ortho nitro benzene ring substituents is 1. The van der Waals surface area contributed by atoms with Gasteiger partial charge in [-0.25, -0.2) is 9.97 Å². The number of nitro groups is 1. The SMILES string of the molecule is Cc1cc(Nc2nc3ccc([N+](=O)[O-])cc3nc2Cl)n[nH]1. The number of halogens is 1. The molecule has 0 radical (unpaired) electrons. The van der Waals surface area contributed by atoms with Crippen LogP contribution in [-0.2, 0) is 0 Å². The fraction of sp³-hybridized carbons (Fsp3) is 0.0833. The molecule has 0 aliphatic carbocycles. The lowest BCUT2D eigenvalue weighted by Crippen LogP contribution is -1.98. The van der Waals surface area contributed by atoms with E-state index in [1.54, 1.807) is 6.07 Å². The van der Waals surface area contributed by atoms with Crippen LogP contribution in [0, 0.1) is 17.0 Å². The number of aromatic nitrogens is 4. The number of nitrogens with one attached hydrogen (secondary N) is 2. The molecule has 0 unspecified atom stereocenters. The number of fused-ring (bicyclic) bond motifs is 1. The van der Waals surface area contributed by atoms with Gasteiger partial charge < -0.3 is 5.32 Å². The van der Waals surface area contributed by atoms with Crippen molar-refractivity contribution in [2.45, 2.75) is 6.92 Å². The number of benzene rings is 1. The predicted octanol–water partition coefficient (Wildman–Crippen LogP) is 2.97. The fourth-order valence-electron chi connectivity index (χ4n) is 1.82. The summed E-state index contributed by atoms with van der Waals surface area (Å²) in [5.74, 6) is 0.898. The molecule has 0 saturated heterocycles. The molecule has 0 amide bonds. The van der Waals surface area contributed by atoms with E-state index in [2.05, 4.69) is 25.5 Å². The molecule has 1 aromatic carbocycles. The highest BCUT2D eigenvalue weighted by molar-refractivity contribution is 6.32. The van der Waals surface area contributed by atoms with Crippen LogP contribution < -0.4 is 5.32 Å². The molecule has 0 aliphatic heterocycles. The molecular formula is C12H9ClN6O2. The minimum atomic E-state index is -0.492. The van der Waals surface area contributed by atoms with Crippen molar-refractivity contribution >= 4 is 40.0 Å². The molecule has 2 heterocycles. The van der Waals surface area contributed by atoms with Gasteiger partial charge in [-0.2, -0.15) is 5.10 Å². The summed E-state index contributed by atoms with van der Waals surface area (Å²) >= 11 is 6.05. The standard InChI is InChI=1S/C12H9ClN6O2/c1-6-4-10(18-17-6)16-12-11(13)14-9-5-7(19(20)21)2-3-8(9)15-12/h2-5H,1H3,(H2,15,16,17,18). The Morgan fingerprint density at radius 2 is 2.10 bits per heavy atom. The molecule has 0 spiro atoms. The van der Waals surface area contributed by atoms with Gasteiger partial charge in [0.1, 0.15) is 0 Å². The molecule has 0 atom stereocenters. The Labute approximate surface area is 123 Å². The van der Waals surface area contributed by atoms with Crippen LogP contribution in [0.15, 0.2) is 24.3 Å². The second-order valence-corrected chi connectivity index (χ2v) is 4.71. The van der Waals surface area contributed by atoms with Gasteiger partial charge in [-0.1, -0.05) is 11.6 Å². The van der Waals surface area contributed by atoms with Crippen molar-refractivity contribution in [2.24, 2.45) is 0 Å². The van der Waals surface area contributed by atoms with Crippen molar-refractivity contribution in [1.82, 2.24) is 20.2 Å². The average molecular weight is 305 g/mol. The predicted molar refractivity (Wildman–Crippen MR) is 77.8 cm³/mol. The Hall–Kier alpha value is -2.74. The molecule has 21 heavy (non-hydrogen) atoms. The molecule has 0 saturated carbocycles. The van der Waals surface area contributed by atoms with Crippen LogP contribution in [0.3, 0.4) is 0 Å². The first-order valence-electron chi connectivity index (χ1n) is 5.93. The van der Waals surface area contributed by atoms with Crippen molar-refractivity contribution < 1.29 is 4.92 Å². The van der Waals surface area contributed by atoms with E-state index in [4.69, 9.17) is 11.6 Å². The van der Waals surface area contributed by atoms with E-state index in [0.29, 0.717) is 22.7 Å². The zero-order valence-corrected chi connectivity index (χ0v) is 11.5. The molecule has 0 bridgehead atoms. The molecule has 8 nitrogen and oxygen atoms in total. The largest absolute Gasteiger partial charge is 0.321 e. The number of hydrogen-bond donors (Lipinski definition) is 2. The summed E-state index contributed by atoms with van der Waals surface area (Å²) in [4.78, 5) is 18.7. The van der Waals surface area contributed by atoms with Gasteiger partial charge in [-0.15, -0.1) is 0 Å². The summed E-state index contributed by atoms with van der Waals surface area (Å²) in [5, 5.41) is 20.6. The second-order valence-electron chi connectivity index (χ2n) is 4.35. The summed E-state index contributed by atoms with van der Waals surface area (Å²) in [7, 11) is 0. The fourth-order valence-corrected chi connectivity index (χ4v) is 2.00. The minimum absolute atomic E-state index is 0.0588. The van der Waals surface area contributed by atoms with E-state index >= 15 is 0 Å². The van der Waals surface area contributed by atoms with Crippen LogP contribution in [0.2, 0.25) is 5.15 Å². The Balaban J connectivity index is 2.02. The monoisotopic (exact) mass is 304 g/mol. The first-order valence-corrected chi connectivity index (χ1v) is 6.31.